The average Bonchev–Trinajstić information content (AvgIpc) is 3.18. The SMILES string of the molecule is O=C(C=Cc1ccc(-c2cccc(Cl)c2Cl)o1)Nc1cccc2ccccc12. The number of fused-ring (bicyclic) bond motifs is 1. The molecule has 1 aromatic heterocycles. The molecule has 1 amide bonds. The fraction of sp³-hybridized carbons (Fsp3) is 0. The first-order valence-corrected chi connectivity index (χ1v) is 9.38. The zero-order valence-electron chi connectivity index (χ0n) is 14.7. The van der Waals surface area contributed by atoms with E-state index in [1.165, 1.54) is 6.08 Å². The number of nitrogens with one attached hydrogen (secondary N) is 1. The van der Waals surface area contributed by atoms with Crippen molar-refractivity contribution < 1.29 is 9.21 Å². The molecule has 0 aliphatic rings. The molecule has 0 aliphatic heterocycles. The summed E-state index contributed by atoms with van der Waals surface area (Å²) >= 11 is 12.3. The van der Waals surface area contributed by atoms with Crippen molar-refractivity contribution in [3.63, 3.8) is 0 Å². The summed E-state index contributed by atoms with van der Waals surface area (Å²) in [5.74, 6) is 0.885. The summed E-state index contributed by atoms with van der Waals surface area (Å²) in [6.07, 6.45) is 3.05. The number of furan rings is 1. The maximum atomic E-state index is 12.3. The van der Waals surface area contributed by atoms with Crippen LogP contribution in [0.15, 0.2) is 83.3 Å². The van der Waals surface area contributed by atoms with Crippen LogP contribution < -0.4 is 5.32 Å². The highest BCUT2D eigenvalue weighted by molar-refractivity contribution is 6.43. The first-order valence-electron chi connectivity index (χ1n) is 8.63. The molecule has 0 saturated heterocycles. The number of hydrogen-bond donors (Lipinski definition) is 1. The molecule has 4 rings (SSSR count). The molecule has 0 aliphatic carbocycles. The van der Waals surface area contributed by atoms with Crippen LogP contribution >= 0.6 is 23.2 Å². The summed E-state index contributed by atoms with van der Waals surface area (Å²) in [6.45, 7) is 0. The molecule has 3 nitrogen and oxygen atoms in total. The van der Waals surface area contributed by atoms with Crippen molar-refractivity contribution in [2.24, 2.45) is 0 Å². The molecular formula is C23H15Cl2NO2. The second kappa shape index (κ2) is 7.93. The molecule has 0 spiro atoms. The van der Waals surface area contributed by atoms with Gasteiger partial charge in [-0.2, -0.15) is 0 Å². The van der Waals surface area contributed by atoms with Crippen molar-refractivity contribution in [3.05, 3.63) is 94.7 Å². The molecule has 1 heterocycles. The number of carbonyl (C=O) groups is 1. The van der Waals surface area contributed by atoms with E-state index < -0.39 is 0 Å². The highest BCUT2D eigenvalue weighted by Crippen LogP contribution is 2.34. The topological polar surface area (TPSA) is 42.2 Å². The molecule has 0 bridgehead atoms. The third-order valence-corrected chi connectivity index (χ3v) is 5.11. The maximum absolute atomic E-state index is 12.3. The van der Waals surface area contributed by atoms with Crippen LogP contribution in [-0.2, 0) is 4.79 Å². The fourth-order valence-electron chi connectivity index (χ4n) is 2.95. The lowest BCUT2D eigenvalue weighted by atomic mass is 10.1. The Morgan fingerprint density at radius 3 is 2.57 bits per heavy atom. The molecule has 5 heteroatoms. The predicted molar refractivity (Wildman–Crippen MR) is 116 cm³/mol. The van der Waals surface area contributed by atoms with Gasteiger partial charge in [0.25, 0.3) is 0 Å². The summed E-state index contributed by atoms with van der Waals surface area (Å²) in [7, 11) is 0. The number of halogens is 2. The molecule has 138 valence electrons. The van der Waals surface area contributed by atoms with Gasteiger partial charge in [-0.3, -0.25) is 4.79 Å². The molecule has 0 atom stereocenters. The summed E-state index contributed by atoms with van der Waals surface area (Å²) < 4.78 is 5.77. The highest BCUT2D eigenvalue weighted by Gasteiger charge is 2.10. The molecule has 3 aromatic carbocycles. The van der Waals surface area contributed by atoms with Gasteiger partial charge in [0.2, 0.25) is 5.91 Å². The van der Waals surface area contributed by atoms with Gasteiger partial charge in [-0.05, 0) is 41.8 Å². The van der Waals surface area contributed by atoms with Crippen LogP contribution in [0.25, 0.3) is 28.2 Å². The molecule has 0 saturated carbocycles. The van der Waals surface area contributed by atoms with E-state index in [1.807, 2.05) is 48.5 Å². The van der Waals surface area contributed by atoms with Crippen LogP contribution in [0.3, 0.4) is 0 Å². The number of carbonyl (C=O) groups excluding carboxylic acids is 1. The van der Waals surface area contributed by atoms with Crippen LogP contribution in [0.2, 0.25) is 10.0 Å². The Morgan fingerprint density at radius 1 is 0.893 bits per heavy atom. The molecular weight excluding hydrogens is 393 g/mol. The van der Waals surface area contributed by atoms with Crippen LogP contribution in [0.4, 0.5) is 5.69 Å². The van der Waals surface area contributed by atoms with E-state index in [0.717, 1.165) is 16.5 Å². The van der Waals surface area contributed by atoms with Crippen LogP contribution in [0, 0.1) is 0 Å². The Labute approximate surface area is 172 Å². The minimum atomic E-state index is -0.241. The number of hydrogen-bond acceptors (Lipinski definition) is 2. The van der Waals surface area contributed by atoms with E-state index in [-0.39, 0.29) is 5.91 Å². The first-order chi connectivity index (χ1) is 13.6. The monoisotopic (exact) mass is 407 g/mol. The third kappa shape index (κ3) is 3.81. The second-order valence-corrected chi connectivity index (χ2v) is 6.94. The van der Waals surface area contributed by atoms with Crippen molar-refractivity contribution in [1.29, 1.82) is 0 Å². The standard InChI is InChI=1S/C23H15Cl2NO2/c24-19-9-4-8-18(23(19)25)21-13-11-16(28-21)12-14-22(27)26-20-10-3-6-15-5-1-2-7-17(15)20/h1-14H,(H,26,27). The van der Waals surface area contributed by atoms with Crippen molar-refractivity contribution in [2.75, 3.05) is 5.32 Å². The summed E-state index contributed by atoms with van der Waals surface area (Å²) in [5, 5.41) is 5.85. The van der Waals surface area contributed by atoms with Crippen LogP contribution in [-0.4, -0.2) is 5.91 Å². The van der Waals surface area contributed by atoms with Gasteiger partial charge in [-0.1, -0.05) is 65.7 Å². The van der Waals surface area contributed by atoms with Gasteiger partial charge in [0.05, 0.1) is 10.0 Å². The summed E-state index contributed by atoms with van der Waals surface area (Å²) in [5.41, 5.74) is 1.47. The van der Waals surface area contributed by atoms with Gasteiger partial charge in [-0.15, -0.1) is 0 Å². The molecule has 0 unspecified atom stereocenters. The molecule has 1 N–H and O–H groups in total. The van der Waals surface area contributed by atoms with Crippen molar-refractivity contribution in [3.8, 4) is 11.3 Å². The predicted octanol–water partition coefficient (Wildman–Crippen LogP) is 7.06. The number of anilines is 1. The quantitative estimate of drug-likeness (QED) is 0.368. The van der Waals surface area contributed by atoms with E-state index in [0.29, 0.717) is 27.1 Å². The van der Waals surface area contributed by atoms with Gasteiger partial charge >= 0.3 is 0 Å². The van der Waals surface area contributed by atoms with Crippen LogP contribution in [0.5, 0.6) is 0 Å². The molecule has 0 fully saturated rings. The number of benzene rings is 3. The fourth-order valence-corrected chi connectivity index (χ4v) is 3.34. The van der Waals surface area contributed by atoms with E-state index in [9.17, 15) is 4.79 Å². The maximum Gasteiger partial charge on any atom is 0.248 e. The summed E-state index contributed by atoms with van der Waals surface area (Å²) in [4.78, 5) is 12.3. The Hall–Kier alpha value is -3.01. The van der Waals surface area contributed by atoms with Gasteiger partial charge in [0.1, 0.15) is 11.5 Å². The Morgan fingerprint density at radius 2 is 1.68 bits per heavy atom. The van der Waals surface area contributed by atoms with Crippen molar-refractivity contribution >= 4 is 51.6 Å². The summed E-state index contributed by atoms with van der Waals surface area (Å²) in [6, 6.07) is 22.6. The average molecular weight is 408 g/mol. The van der Waals surface area contributed by atoms with Crippen molar-refractivity contribution in [2.45, 2.75) is 0 Å². The van der Waals surface area contributed by atoms with Gasteiger partial charge in [-0.25, -0.2) is 0 Å². The normalized spacial score (nSPS) is 11.2. The van der Waals surface area contributed by atoms with Gasteiger partial charge in [0, 0.05) is 22.7 Å². The lowest BCUT2D eigenvalue weighted by Gasteiger charge is -2.06. The largest absolute Gasteiger partial charge is 0.457 e. The highest BCUT2D eigenvalue weighted by atomic mass is 35.5. The van der Waals surface area contributed by atoms with E-state index in [2.05, 4.69) is 5.32 Å². The Kier molecular flexibility index (Phi) is 5.20. The van der Waals surface area contributed by atoms with E-state index in [4.69, 9.17) is 27.6 Å². The zero-order valence-corrected chi connectivity index (χ0v) is 16.2. The number of amides is 1. The second-order valence-electron chi connectivity index (χ2n) is 6.15. The minimum absolute atomic E-state index is 0.241. The Balaban J connectivity index is 1.51. The lowest BCUT2D eigenvalue weighted by molar-refractivity contribution is -0.111. The molecule has 0 radical (unpaired) electrons. The third-order valence-electron chi connectivity index (χ3n) is 4.29. The molecule has 28 heavy (non-hydrogen) atoms. The van der Waals surface area contributed by atoms with Gasteiger partial charge in [0.15, 0.2) is 0 Å². The van der Waals surface area contributed by atoms with Crippen molar-refractivity contribution in [1.82, 2.24) is 0 Å². The Bertz CT molecular complexity index is 1190. The van der Waals surface area contributed by atoms with Gasteiger partial charge < -0.3 is 9.73 Å². The van der Waals surface area contributed by atoms with E-state index in [1.54, 1.807) is 30.3 Å². The minimum Gasteiger partial charge on any atom is -0.457 e. The smallest absolute Gasteiger partial charge is 0.248 e. The lowest BCUT2D eigenvalue weighted by Crippen LogP contribution is -2.07. The number of rotatable bonds is 4. The first kappa shape index (κ1) is 18.4. The van der Waals surface area contributed by atoms with Crippen LogP contribution in [0.1, 0.15) is 5.76 Å². The van der Waals surface area contributed by atoms with E-state index >= 15 is 0 Å². The zero-order chi connectivity index (χ0) is 19.5. The molecule has 4 aromatic rings.